The third-order valence-corrected chi connectivity index (χ3v) is 6.43. The molecule has 0 bridgehead atoms. The summed E-state index contributed by atoms with van der Waals surface area (Å²) in [6.07, 6.45) is 4.02. The molecule has 1 aromatic rings. The van der Waals surface area contributed by atoms with Crippen molar-refractivity contribution in [2.24, 2.45) is 11.8 Å². The molecule has 6 nitrogen and oxygen atoms in total. The molecule has 1 saturated carbocycles. The van der Waals surface area contributed by atoms with Crippen molar-refractivity contribution in [3.8, 4) is 6.07 Å². The molecule has 128 valence electrons. The molecule has 8 heteroatoms. The summed E-state index contributed by atoms with van der Waals surface area (Å²) >= 11 is 2.96. The maximum Gasteiger partial charge on any atom is 0.302 e. The first-order valence-corrected chi connectivity index (χ1v) is 9.94. The molecule has 0 N–H and O–H groups in total. The van der Waals surface area contributed by atoms with Gasteiger partial charge in [0.05, 0.1) is 28.2 Å². The quantitative estimate of drug-likeness (QED) is 0.435. The smallest absolute Gasteiger partial charge is 0.302 e. The lowest BCUT2D eigenvalue weighted by Gasteiger charge is -2.26. The van der Waals surface area contributed by atoms with Crippen molar-refractivity contribution in [1.29, 1.82) is 5.26 Å². The van der Waals surface area contributed by atoms with Crippen LogP contribution in [0.3, 0.4) is 0 Å². The number of rotatable bonds is 4. The number of carbonyl (C=O) groups is 1. The van der Waals surface area contributed by atoms with Crippen LogP contribution in [0.5, 0.6) is 0 Å². The van der Waals surface area contributed by atoms with Gasteiger partial charge in [-0.1, -0.05) is 11.8 Å². The van der Waals surface area contributed by atoms with Crippen LogP contribution < -0.4 is 10.6 Å². The van der Waals surface area contributed by atoms with Crippen LogP contribution in [-0.4, -0.2) is 40.5 Å². The Kier molecular flexibility index (Phi) is 4.13. The van der Waals surface area contributed by atoms with Gasteiger partial charge in [-0.2, -0.15) is 5.26 Å². The van der Waals surface area contributed by atoms with E-state index in [1.807, 2.05) is 11.7 Å². The number of aromatic nitrogens is 2. The number of ether oxygens (including phenoxy) is 2. The van der Waals surface area contributed by atoms with E-state index in [2.05, 4.69) is 21.8 Å². The van der Waals surface area contributed by atoms with E-state index in [0.29, 0.717) is 13.0 Å². The van der Waals surface area contributed by atoms with Crippen molar-refractivity contribution in [1.82, 2.24) is 9.97 Å². The summed E-state index contributed by atoms with van der Waals surface area (Å²) in [5.74, 6) is 0.144. The van der Waals surface area contributed by atoms with Crippen molar-refractivity contribution in [3.63, 3.8) is 0 Å². The van der Waals surface area contributed by atoms with Crippen LogP contribution in [-0.2, 0) is 14.3 Å². The average Bonchev–Trinajstić information content (AvgIpc) is 3.10. The van der Waals surface area contributed by atoms with Gasteiger partial charge < -0.3 is 9.47 Å². The normalized spacial score (nSPS) is 31.6. The molecule has 3 aliphatic rings. The molecule has 0 spiro atoms. The minimum atomic E-state index is -0.996. The van der Waals surface area contributed by atoms with Crippen LogP contribution in [0.4, 0.5) is 0 Å². The third kappa shape index (κ3) is 2.68. The second-order valence-corrected chi connectivity index (χ2v) is 7.85. The fourth-order valence-electron chi connectivity index (χ4n) is 3.48. The van der Waals surface area contributed by atoms with Gasteiger partial charge in [-0.25, -0.2) is 9.97 Å². The highest BCUT2D eigenvalue weighted by molar-refractivity contribution is 8.10. The molecule has 0 radical (unpaired) electrons. The number of fused-ring (bicyclic) bond motifs is 2. The Morgan fingerprint density at radius 2 is 2.48 bits per heavy atom. The highest BCUT2D eigenvalue weighted by Crippen LogP contribution is 2.59. The van der Waals surface area contributed by atoms with Gasteiger partial charge in [0.1, 0.15) is 17.4 Å². The van der Waals surface area contributed by atoms with Crippen LogP contribution in [0.2, 0.25) is 0 Å². The molecule has 2 aliphatic heterocycles. The number of carbonyl (C=O) groups excluding carboxylic acids is 1. The van der Waals surface area contributed by atoms with E-state index in [-0.39, 0.29) is 23.9 Å². The Hall–Kier alpha value is -1.78. The molecular weight excluding hydrogens is 358 g/mol. The zero-order chi connectivity index (χ0) is 17.6. The van der Waals surface area contributed by atoms with Crippen LogP contribution in [0.25, 0.3) is 10.6 Å². The van der Waals surface area contributed by atoms with Gasteiger partial charge in [-0.3, -0.25) is 4.79 Å². The number of esters is 1. The number of hydrogen-bond donors (Lipinski definition) is 0. The summed E-state index contributed by atoms with van der Waals surface area (Å²) in [6.45, 7) is 1.76. The average molecular weight is 373 g/mol. The Labute approximate surface area is 153 Å². The van der Waals surface area contributed by atoms with E-state index in [0.717, 1.165) is 20.5 Å². The molecular formula is C17H15N3O3S2. The molecule has 25 heavy (non-hydrogen) atoms. The van der Waals surface area contributed by atoms with Gasteiger partial charge in [-0.15, -0.1) is 17.5 Å². The standard InChI is InChI=1S/C17H15N3O3S2/c1-9(21)22-6-12-11-5-17(7-18,23-14(11)12)15-13-10(3-4-25-15)16(24-2)20-8-19-13/h4,8,11-12,14H,5-6H2,1-2H3. The van der Waals surface area contributed by atoms with Crippen molar-refractivity contribution in [2.45, 2.75) is 30.1 Å². The lowest BCUT2D eigenvalue weighted by molar-refractivity contribution is -0.142. The molecule has 1 saturated heterocycles. The minimum absolute atomic E-state index is 0.0349. The summed E-state index contributed by atoms with van der Waals surface area (Å²) < 4.78 is 11.2. The fourth-order valence-corrected chi connectivity index (χ4v) is 4.92. The van der Waals surface area contributed by atoms with E-state index < -0.39 is 5.60 Å². The maximum absolute atomic E-state index is 11.0. The predicted molar refractivity (Wildman–Crippen MR) is 93.5 cm³/mol. The lowest BCUT2D eigenvalue weighted by Crippen LogP contribution is -2.41. The monoisotopic (exact) mass is 373 g/mol. The second-order valence-electron chi connectivity index (χ2n) is 6.17. The zero-order valence-corrected chi connectivity index (χ0v) is 15.3. The Bertz CT molecular complexity index is 937. The van der Waals surface area contributed by atoms with Crippen LogP contribution in [0, 0.1) is 23.2 Å². The highest BCUT2D eigenvalue weighted by Gasteiger charge is 2.65. The molecule has 1 aromatic heterocycles. The Balaban J connectivity index is 1.67. The largest absolute Gasteiger partial charge is 0.465 e. The predicted octanol–water partition coefficient (Wildman–Crippen LogP) is 0.807. The summed E-state index contributed by atoms with van der Waals surface area (Å²) in [7, 11) is 0. The van der Waals surface area contributed by atoms with Gasteiger partial charge in [0, 0.05) is 24.7 Å². The summed E-state index contributed by atoms with van der Waals surface area (Å²) in [5.41, 5.74) is 2.19. The first-order valence-electron chi connectivity index (χ1n) is 7.83. The first kappa shape index (κ1) is 16.7. The number of nitriles is 1. The van der Waals surface area contributed by atoms with Crippen LogP contribution in [0.1, 0.15) is 13.3 Å². The first-order chi connectivity index (χ1) is 12.1. The molecule has 4 rings (SSSR count). The summed E-state index contributed by atoms with van der Waals surface area (Å²) in [4.78, 5) is 20.5. The molecule has 3 heterocycles. The summed E-state index contributed by atoms with van der Waals surface area (Å²) in [5, 5.41) is 14.1. The Morgan fingerprint density at radius 3 is 3.12 bits per heavy atom. The molecule has 1 aliphatic carbocycles. The molecule has 0 amide bonds. The van der Waals surface area contributed by atoms with Gasteiger partial charge in [-0.05, 0) is 12.2 Å². The number of nitrogens with zero attached hydrogens (tertiary/aromatic N) is 3. The van der Waals surface area contributed by atoms with Crippen molar-refractivity contribution in [3.05, 3.63) is 22.3 Å². The molecule has 0 aromatic carbocycles. The topological polar surface area (TPSA) is 85.1 Å². The Morgan fingerprint density at radius 1 is 1.64 bits per heavy atom. The van der Waals surface area contributed by atoms with E-state index in [9.17, 15) is 10.1 Å². The van der Waals surface area contributed by atoms with E-state index in [4.69, 9.17) is 9.47 Å². The SMILES string of the molecule is CSc1ncnc2c1=C=CSC=2C1(C#N)CC2C(COC(C)=O)C2O1. The van der Waals surface area contributed by atoms with E-state index in [1.54, 1.807) is 0 Å². The summed E-state index contributed by atoms with van der Waals surface area (Å²) in [6, 6.07) is 2.37. The van der Waals surface area contributed by atoms with Gasteiger partial charge in [0.25, 0.3) is 0 Å². The van der Waals surface area contributed by atoms with Crippen LogP contribution in [0.15, 0.2) is 16.8 Å². The molecule has 2 fully saturated rings. The molecule has 4 unspecified atom stereocenters. The minimum Gasteiger partial charge on any atom is -0.465 e. The van der Waals surface area contributed by atoms with Gasteiger partial charge in [0.15, 0.2) is 5.60 Å². The number of hydrogen-bond acceptors (Lipinski definition) is 8. The maximum atomic E-state index is 11.0. The molecule has 4 atom stereocenters. The highest BCUT2D eigenvalue weighted by atomic mass is 32.2. The van der Waals surface area contributed by atoms with Crippen molar-refractivity contribution < 1.29 is 14.3 Å². The van der Waals surface area contributed by atoms with Gasteiger partial charge in [0.2, 0.25) is 0 Å². The van der Waals surface area contributed by atoms with Crippen LogP contribution >= 0.6 is 23.5 Å². The van der Waals surface area contributed by atoms with Crippen molar-refractivity contribution in [2.75, 3.05) is 12.9 Å². The fraction of sp³-hybridized carbons (Fsp3) is 0.471. The van der Waals surface area contributed by atoms with Gasteiger partial charge >= 0.3 is 5.97 Å². The van der Waals surface area contributed by atoms with E-state index in [1.165, 1.54) is 36.8 Å². The van der Waals surface area contributed by atoms with E-state index >= 15 is 0 Å². The second kappa shape index (κ2) is 6.19. The van der Waals surface area contributed by atoms with Crippen molar-refractivity contribution >= 4 is 40.1 Å². The third-order valence-electron chi connectivity index (χ3n) is 4.74. The lowest BCUT2D eigenvalue weighted by atomic mass is 9.97. The number of thioether (sulfide) groups is 2. The zero-order valence-electron chi connectivity index (χ0n) is 13.7.